The third-order valence-electron chi connectivity index (χ3n) is 2.64. The van der Waals surface area contributed by atoms with E-state index in [1.54, 1.807) is 6.08 Å². The van der Waals surface area contributed by atoms with Crippen LogP contribution < -0.4 is 5.73 Å². The smallest absolute Gasteiger partial charge is 0.196 e. The highest BCUT2D eigenvalue weighted by molar-refractivity contribution is 6.31. The molecule has 1 aromatic carbocycles. The molecule has 1 aromatic rings. The second-order valence-electron chi connectivity index (χ2n) is 3.91. The Bertz CT molecular complexity index is 551. The molecule has 0 aromatic heterocycles. The number of hydrogen-bond acceptors (Lipinski definition) is 3. The number of alkyl halides is 1. The lowest BCUT2D eigenvalue weighted by Gasteiger charge is -2.29. The molecule has 1 aliphatic heterocycles. The van der Waals surface area contributed by atoms with Gasteiger partial charge in [0.1, 0.15) is 17.8 Å². The van der Waals surface area contributed by atoms with Gasteiger partial charge in [-0.15, -0.1) is 0 Å². The third kappa shape index (κ3) is 2.95. The van der Waals surface area contributed by atoms with E-state index in [1.165, 1.54) is 12.3 Å². The Labute approximate surface area is 118 Å². The van der Waals surface area contributed by atoms with Gasteiger partial charge in [-0.3, -0.25) is 4.99 Å². The number of allylic oxidation sites excluding steroid dienone is 1. The van der Waals surface area contributed by atoms with Gasteiger partial charge in [0, 0.05) is 11.8 Å². The summed E-state index contributed by atoms with van der Waals surface area (Å²) in [6.45, 7) is -0.320. The molecule has 19 heavy (non-hydrogen) atoms. The lowest BCUT2D eigenvalue weighted by molar-refractivity contribution is 0.0228. The van der Waals surface area contributed by atoms with Crippen molar-refractivity contribution in [3.63, 3.8) is 0 Å². The van der Waals surface area contributed by atoms with Gasteiger partial charge in [-0.05, 0) is 24.3 Å². The Morgan fingerprint density at radius 2 is 2.05 bits per heavy atom. The summed E-state index contributed by atoms with van der Waals surface area (Å²) in [6.07, 6.45) is 3.68. The first-order valence-electron chi connectivity index (χ1n) is 5.36. The minimum atomic E-state index is -1.41. The van der Waals surface area contributed by atoms with Gasteiger partial charge < -0.3 is 10.5 Å². The lowest BCUT2D eigenvalue weighted by atomic mass is 10.2. The maximum atomic E-state index is 13.6. The van der Waals surface area contributed by atoms with Crippen molar-refractivity contribution in [3.8, 4) is 0 Å². The van der Waals surface area contributed by atoms with E-state index in [2.05, 4.69) is 4.99 Å². The summed E-state index contributed by atoms with van der Waals surface area (Å²) in [7, 11) is 0. The predicted molar refractivity (Wildman–Crippen MR) is 70.3 cm³/mol. The first-order valence-corrected chi connectivity index (χ1v) is 6.11. The molecule has 0 aliphatic carbocycles. The first-order chi connectivity index (χ1) is 8.94. The Morgan fingerprint density at radius 1 is 1.37 bits per heavy atom. The van der Waals surface area contributed by atoms with Gasteiger partial charge in [0.25, 0.3) is 0 Å². The maximum Gasteiger partial charge on any atom is 0.196 e. The average Bonchev–Trinajstić information content (AvgIpc) is 2.38. The Morgan fingerprint density at radius 3 is 2.74 bits per heavy atom. The van der Waals surface area contributed by atoms with Crippen molar-refractivity contribution in [2.45, 2.75) is 17.8 Å². The zero-order valence-electron chi connectivity index (χ0n) is 9.62. The van der Waals surface area contributed by atoms with Crippen LogP contribution >= 0.6 is 23.2 Å². The molecule has 2 atom stereocenters. The molecule has 1 aliphatic rings. The van der Waals surface area contributed by atoms with Crippen LogP contribution in [0.15, 0.2) is 29.3 Å². The molecule has 7 heteroatoms. The summed E-state index contributed by atoms with van der Waals surface area (Å²) in [5.41, 5.74) is 5.56. The fraction of sp³-hybridized carbons (Fsp3) is 0.250. The molecule has 3 nitrogen and oxygen atoms in total. The van der Waals surface area contributed by atoms with Crippen molar-refractivity contribution in [3.05, 3.63) is 46.5 Å². The monoisotopic (exact) mass is 306 g/mol. The number of ether oxygens (including phenoxy) is 1. The van der Waals surface area contributed by atoms with E-state index in [9.17, 15) is 8.78 Å². The van der Waals surface area contributed by atoms with Gasteiger partial charge in [0.15, 0.2) is 5.06 Å². The van der Waals surface area contributed by atoms with Crippen LogP contribution in [0.3, 0.4) is 0 Å². The largest absolute Gasteiger partial charge is 0.348 e. The molecule has 2 rings (SSSR count). The van der Waals surface area contributed by atoms with E-state index in [0.29, 0.717) is 0 Å². The van der Waals surface area contributed by atoms with E-state index in [1.807, 2.05) is 0 Å². The van der Waals surface area contributed by atoms with Crippen LogP contribution in [0.5, 0.6) is 0 Å². The van der Waals surface area contributed by atoms with Gasteiger partial charge in [-0.1, -0.05) is 23.2 Å². The van der Waals surface area contributed by atoms with E-state index < -0.39 is 22.9 Å². The normalized spacial score (nSPS) is 25.8. The number of hydrogen-bond donors (Lipinski definition) is 1. The Hall–Kier alpha value is -1.01. The topological polar surface area (TPSA) is 47.6 Å². The maximum absolute atomic E-state index is 13.6. The second-order valence-corrected chi connectivity index (χ2v) is 4.88. The summed E-state index contributed by atoms with van der Waals surface area (Å²) in [5, 5.41) is -1.74. The number of halogens is 4. The van der Waals surface area contributed by atoms with Gasteiger partial charge >= 0.3 is 0 Å². The van der Waals surface area contributed by atoms with Crippen LogP contribution in [-0.2, 0) is 11.3 Å². The SMILES string of the molecule is NC1N=CC=CC1(Cl)OCc1c(F)ccc(F)c1Cl. The fourth-order valence-electron chi connectivity index (χ4n) is 1.53. The van der Waals surface area contributed by atoms with Gasteiger partial charge in [0.2, 0.25) is 0 Å². The summed E-state index contributed by atoms with van der Waals surface area (Å²) in [6, 6.07) is 1.91. The van der Waals surface area contributed by atoms with Crippen LogP contribution in [0.2, 0.25) is 5.02 Å². The lowest BCUT2D eigenvalue weighted by Crippen LogP contribution is -2.44. The number of dihydropyridines is 1. The molecular formula is C12H10Cl2F2N2O. The molecule has 0 radical (unpaired) electrons. The zero-order valence-corrected chi connectivity index (χ0v) is 11.1. The molecule has 2 unspecified atom stereocenters. The van der Waals surface area contributed by atoms with E-state index in [0.717, 1.165) is 12.1 Å². The standard InChI is InChI=1S/C12H10Cl2F2N2O/c13-10-7(8(15)2-3-9(10)16)6-19-12(14)4-1-5-18-11(12)17/h1-5,11H,6,17H2. The van der Waals surface area contributed by atoms with Crippen LogP contribution in [0.1, 0.15) is 5.56 Å². The third-order valence-corrected chi connectivity index (χ3v) is 3.50. The summed E-state index contributed by atoms with van der Waals surface area (Å²) in [4.78, 5) is 3.87. The van der Waals surface area contributed by atoms with Crippen molar-refractivity contribution in [2.75, 3.05) is 0 Å². The number of nitrogens with zero attached hydrogens (tertiary/aromatic N) is 1. The number of aliphatic imine (C=N–C) groups is 1. The minimum Gasteiger partial charge on any atom is -0.348 e. The molecule has 0 bridgehead atoms. The molecule has 0 saturated heterocycles. The minimum absolute atomic E-state index is 0.114. The molecule has 1 heterocycles. The predicted octanol–water partition coefficient (Wildman–Crippen LogP) is 3.00. The quantitative estimate of drug-likeness (QED) is 0.689. The average molecular weight is 307 g/mol. The number of benzene rings is 1. The van der Waals surface area contributed by atoms with Crippen LogP contribution in [0.4, 0.5) is 8.78 Å². The molecule has 0 spiro atoms. The molecule has 0 amide bonds. The van der Waals surface area contributed by atoms with Gasteiger partial charge in [0.05, 0.1) is 11.6 Å². The van der Waals surface area contributed by atoms with Crippen molar-refractivity contribution in [1.29, 1.82) is 0 Å². The number of nitrogens with two attached hydrogens (primary N) is 1. The van der Waals surface area contributed by atoms with Crippen LogP contribution in [-0.4, -0.2) is 17.4 Å². The summed E-state index contributed by atoms with van der Waals surface area (Å²) < 4.78 is 32.1. The number of rotatable bonds is 3. The van der Waals surface area contributed by atoms with Gasteiger partial charge in [-0.2, -0.15) is 0 Å². The molecule has 0 saturated carbocycles. The fourth-order valence-corrected chi connectivity index (χ4v) is 1.93. The van der Waals surface area contributed by atoms with Crippen LogP contribution in [0.25, 0.3) is 0 Å². The van der Waals surface area contributed by atoms with E-state index >= 15 is 0 Å². The van der Waals surface area contributed by atoms with Crippen molar-refractivity contribution in [2.24, 2.45) is 10.7 Å². The summed E-state index contributed by atoms with van der Waals surface area (Å²) >= 11 is 11.8. The second kappa shape index (κ2) is 5.54. The van der Waals surface area contributed by atoms with Crippen molar-refractivity contribution in [1.82, 2.24) is 0 Å². The zero-order chi connectivity index (χ0) is 14.0. The van der Waals surface area contributed by atoms with Crippen LogP contribution in [0, 0.1) is 11.6 Å². The van der Waals surface area contributed by atoms with E-state index in [4.69, 9.17) is 33.7 Å². The highest BCUT2D eigenvalue weighted by Crippen LogP contribution is 2.30. The molecule has 2 N–H and O–H groups in total. The molecular weight excluding hydrogens is 297 g/mol. The highest BCUT2D eigenvalue weighted by atomic mass is 35.5. The Kier molecular flexibility index (Phi) is 4.20. The van der Waals surface area contributed by atoms with E-state index in [-0.39, 0.29) is 17.2 Å². The summed E-state index contributed by atoms with van der Waals surface area (Å²) in [5.74, 6) is -1.41. The molecule has 102 valence electrons. The first kappa shape index (κ1) is 14.4. The molecule has 0 fully saturated rings. The van der Waals surface area contributed by atoms with Crippen molar-refractivity contribution >= 4 is 29.4 Å². The Balaban J connectivity index is 2.18. The highest BCUT2D eigenvalue weighted by Gasteiger charge is 2.34. The van der Waals surface area contributed by atoms with Gasteiger partial charge in [-0.25, -0.2) is 8.78 Å². The van der Waals surface area contributed by atoms with Crippen molar-refractivity contribution < 1.29 is 13.5 Å².